The standard InChI is InChI=1S/C22H25FO4/c1-12-13(2)19(7-6-18(12)14(3)21(24)25)26-11-16-9-17(23)8-15-10-22(4,5)27-20(15)16/h6-9,14H,10-11H2,1-5H3,(H,24,25). The van der Waals surface area contributed by atoms with E-state index < -0.39 is 11.9 Å². The summed E-state index contributed by atoms with van der Waals surface area (Å²) in [5.41, 5.74) is 3.72. The Morgan fingerprint density at radius 3 is 2.67 bits per heavy atom. The quantitative estimate of drug-likeness (QED) is 0.809. The fourth-order valence-electron chi connectivity index (χ4n) is 3.58. The highest BCUT2D eigenvalue weighted by Gasteiger charge is 2.32. The maximum atomic E-state index is 14.0. The van der Waals surface area contributed by atoms with E-state index >= 15 is 0 Å². The molecule has 0 saturated heterocycles. The Balaban J connectivity index is 1.85. The van der Waals surface area contributed by atoms with Gasteiger partial charge in [0, 0.05) is 17.5 Å². The van der Waals surface area contributed by atoms with Crippen molar-refractivity contribution in [3.05, 3.63) is 57.9 Å². The number of hydrogen-bond donors (Lipinski definition) is 1. The van der Waals surface area contributed by atoms with Gasteiger partial charge in [0.05, 0.1) is 5.92 Å². The number of carboxylic acids is 1. The van der Waals surface area contributed by atoms with Crippen molar-refractivity contribution in [2.24, 2.45) is 0 Å². The van der Waals surface area contributed by atoms with Crippen molar-refractivity contribution in [3.8, 4) is 11.5 Å². The number of halogens is 1. The SMILES string of the molecule is Cc1c(OCc2cc(F)cc3c2OC(C)(C)C3)ccc(C(C)C(=O)O)c1C. The van der Waals surface area contributed by atoms with Gasteiger partial charge in [-0.2, -0.15) is 0 Å². The fraction of sp³-hybridized carbons (Fsp3) is 0.409. The van der Waals surface area contributed by atoms with Crippen molar-refractivity contribution < 1.29 is 23.8 Å². The number of fused-ring (bicyclic) bond motifs is 1. The molecule has 0 saturated carbocycles. The Morgan fingerprint density at radius 2 is 2.00 bits per heavy atom. The Hall–Kier alpha value is -2.56. The average Bonchev–Trinajstić information content (AvgIpc) is 2.89. The van der Waals surface area contributed by atoms with Crippen molar-refractivity contribution in [2.75, 3.05) is 0 Å². The predicted molar refractivity (Wildman–Crippen MR) is 101 cm³/mol. The van der Waals surface area contributed by atoms with Gasteiger partial charge in [-0.25, -0.2) is 4.39 Å². The third-order valence-electron chi connectivity index (χ3n) is 5.20. The second-order valence-corrected chi connectivity index (χ2v) is 7.84. The van der Waals surface area contributed by atoms with Gasteiger partial charge in [-0.1, -0.05) is 6.07 Å². The molecule has 27 heavy (non-hydrogen) atoms. The first-order valence-corrected chi connectivity index (χ1v) is 9.05. The Labute approximate surface area is 158 Å². The van der Waals surface area contributed by atoms with Crippen molar-refractivity contribution in [1.29, 1.82) is 0 Å². The van der Waals surface area contributed by atoms with E-state index in [-0.39, 0.29) is 18.0 Å². The zero-order chi connectivity index (χ0) is 19.9. The number of rotatable bonds is 5. The van der Waals surface area contributed by atoms with Gasteiger partial charge in [0.2, 0.25) is 0 Å². The molecule has 0 aliphatic carbocycles. The number of carbonyl (C=O) groups is 1. The van der Waals surface area contributed by atoms with Crippen LogP contribution in [0.2, 0.25) is 0 Å². The molecule has 0 spiro atoms. The topological polar surface area (TPSA) is 55.8 Å². The van der Waals surface area contributed by atoms with E-state index in [0.717, 1.165) is 22.3 Å². The lowest BCUT2D eigenvalue weighted by Gasteiger charge is -2.19. The third-order valence-corrected chi connectivity index (χ3v) is 5.20. The number of aliphatic carboxylic acids is 1. The van der Waals surface area contributed by atoms with Gasteiger partial charge in [0.1, 0.15) is 29.5 Å². The summed E-state index contributed by atoms with van der Waals surface area (Å²) in [6.45, 7) is 9.60. The first kappa shape index (κ1) is 19.2. The van der Waals surface area contributed by atoms with E-state index in [1.54, 1.807) is 19.1 Å². The third kappa shape index (κ3) is 3.77. The monoisotopic (exact) mass is 372 g/mol. The molecule has 0 bridgehead atoms. The summed E-state index contributed by atoms with van der Waals surface area (Å²) in [4.78, 5) is 11.3. The van der Waals surface area contributed by atoms with Crippen molar-refractivity contribution in [1.82, 2.24) is 0 Å². The molecule has 2 aromatic rings. The van der Waals surface area contributed by atoms with Crippen molar-refractivity contribution in [2.45, 2.75) is 59.2 Å². The van der Waals surface area contributed by atoms with Crippen molar-refractivity contribution in [3.63, 3.8) is 0 Å². The van der Waals surface area contributed by atoms with Crippen LogP contribution in [0, 0.1) is 19.7 Å². The molecule has 1 aliphatic heterocycles. The minimum atomic E-state index is -0.860. The predicted octanol–water partition coefficient (Wildman–Crippen LogP) is 4.92. The normalized spacial score (nSPS) is 15.8. The molecule has 0 aromatic heterocycles. The molecule has 1 atom stereocenters. The van der Waals surface area contributed by atoms with Crippen LogP contribution >= 0.6 is 0 Å². The smallest absolute Gasteiger partial charge is 0.310 e. The summed E-state index contributed by atoms with van der Waals surface area (Å²) in [6, 6.07) is 6.53. The van der Waals surface area contributed by atoms with E-state index in [2.05, 4.69) is 0 Å². The molecule has 4 nitrogen and oxygen atoms in total. The van der Waals surface area contributed by atoms with E-state index in [9.17, 15) is 14.3 Å². The second-order valence-electron chi connectivity index (χ2n) is 7.84. The molecule has 1 heterocycles. The first-order chi connectivity index (χ1) is 12.6. The highest BCUT2D eigenvalue weighted by atomic mass is 19.1. The zero-order valence-electron chi connectivity index (χ0n) is 16.4. The molecule has 0 radical (unpaired) electrons. The molecule has 0 fully saturated rings. The lowest BCUT2D eigenvalue weighted by Crippen LogP contribution is -2.25. The molecule has 5 heteroatoms. The van der Waals surface area contributed by atoms with Crippen LogP contribution in [-0.4, -0.2) is 16.7 Å². The van der Waals surface area contributed by atoms with E-state index in [4.69, 9.17) is 9.47 Å². The molecule has 3 rings (SSSR count). The minimum Gasteiger partial charge on any atom is -0.488 e. The van der Waals surface area contributed by atoms with Gasteiger partial charge < -0.3 is 14.6 Å². The van der Waals surface area contributed by atoms with Gasteiger partial charge in [0.15, 0.2) is 0 Å². The Bertz CT molecular complexity index is 902. The van der Waals surface area contributed by atoms with E-state index in [1.165, 1.54) is 12.1 Å². The Kier molecular flexibility index (Phi) is 4.89. The number of hydrogen-bond acceptors (Lipinski definition) is 3. The van der Waals surface area contributed by atoms with Crippen LogP contribution in [0.3, 0.4) is 0 Å². The number of benzene rings is 2. The zero-order valence-corrected chi connectivity index (χ0v) is 16.4. The molecule has 2 aromatic carbocycles. The summed E-state index contributed by atoms with van der Waals surface area (Å²) in [5, 5.41) is 9.25. The second kappa shape index (κ2) is 6.87. The van der Waals surface area contributed by atoms with Crippen molar-refractivity contribution >= 4 is 5.97 Å². The number of carboxylic acid groups (broad SMARTS) is 1. The van der Waals surface area contributed by atoms with Gasteiger partial charge in [0.25, 0.3) is 0 Å². The molecule has 1 unspecified atom stereocenters. The maximum absolute atomic E-state index is 14.0. The summed E-state index contributed by atoms with van der Waals surface area (Å²) in [6.07, 6.45) is 0.660. The van der Waals surface area contributed by atoms with E-state index in [0.29, 0.717) is 23.5 Å². The fourth-order valence-corrected chi connectivity index (χ4v) is 3.58. The summed E-state index contributed by atoms with van der Waals surface area (Å²) < 4.78 is 25.9. The number of ether oxygens (including phenoxy) is 2. The largest absolute Gasteiger partial charge is 0.488 e. The summed E-state index contributed by atoms with van der Waals surface area (Å²) in [7, 11) is 0. The Morgan fingerprint density at radius 1 is 1.30 bits per heavy atom. The first-order valence-electron chi connectivity index (χ1n) is 9.05. The van der Waals surface area contributed by atoms with Crippen LogP contribution in [0.1, 0.15) is 54.5 Å². The molecule has 144 valence electrons. The van der Waals surface area contributed by atoms with Gasteiger partial charge in [-0.15, -0.1) is 0 Å². The summed E-state index contributed by atoms with van der Waals surface area (Å²) in [5.74, 6) is -0.385. The lowest BCUT2D eigenvalue weighted by atomic mass is 9.93. The minimum absolute atomic E-state index is 0.185. The van der Waals surface area contributed by atoms with Gasteiger partial charge in [-0.05, 0) is 69.5 Å². The molecule has 0 amide bonds. The van der Waals surface area contributed by atoms with Crippen LogP contribution in [0.4, 0.5) is 4.39 Å². The molecule has 1 N–H and O–H groups in total. The van der Waals surface area contributed by atoms with Crippen LogP contribution in [-0.2, 0) is 17.8 Å². The lowest BCUT2D eigenvalue weighted by molar-refractivity contribution is -0.138. The van der Waals surface area contributed by atoms with Crippen LogP contribution in [0.15, 0.2) is 24.3 Å². The van der Waals surface area contributed by atoms with Crippen LogP contribution < -0.4 is 9.47 Å². The average molecular weight is 372 g/mol. The van der Waals surface area contributed by atoms with Crippen LogP contribution in [0.5, 0.6) is 11.5 Å². The van der Waals surface area contributed by atoms with E-state index in [1.807, 2.05) is 27.7 Å². The highest BCUT2D eigenvalue weighted by Crippen LogP contribution is 2.39. The molecular formula is C22H25FO4. The molecule has 1 aliphatic rings. The maximum Gasteiger partial charge on any atom is 0.310 e. The molecular weight excluding hydrogens is 347 g/mol. The summed E-state index contributed by atoms with van der Waals surface area (Å²) >= 11 is 0. The van der Waals surface area contributed by atoms with Gasteiger partial charge >= 0.3 is 5.97 Å². The highest BCUT2D eigenvalue weighted by molar-refractivity contribution is 5.76. The van der Waals surface area contributed by atoms with Crippen LogP contribution in [0.25, 0.3) is 0 Å². The van der Waals surface area contributed by atoms with Gasteiger partial charge in [-0.3, -0.25) is 4.79 Å².